The molecule has 104 valence electrons. The van der Waals surface area contributed by atoms with Crippen LogP contribution < -0.4 is 0 Å². The molecule has 0 spiro atoms. The third-order valence-electron chi connectivity index (χ3n) is 3.51. The lowest BCUT2D eigenvalue weighted by Gasteiger charge is -2.27. The van der Waals surface area contributed by atoms with Crippen LogP contribution in [-0.2, 0) is 12.7 Å². The van der Waals surface area contributed by atoms with Gasteiger partial charge in [-0.05, 0) is 44.0 Å². The zero-order chi connectivity index (χ0) is 13.9. The summed E-state index contributed by atoms with van der Waals surface area (Å²) in [5.74, 6) is 0. The predicted octanol–water partition coefficient (Wildman–Crippen LogP) is 4.25. The van der Waals surface area contributed by atoms with Crippen LogP contribution in [0.5, 0.6) is 0 Å². The van der Waals surface area contributed by atoms with E-state index in [4.69, 9.17) is 0 Å². The zero-order valence-corrected chi connectivity index (χ0v) is 11.0. The monoisotopic (exact) mass is 269 g/mol. The van der Waals surface area contributed by atoms with Crippen molar-refractivity contribution in [3.8, 4) is 0 Å². The molecule has 0 radical (unpaired) electrons. The number of alkyl halides is 3. The number of rotatable bonds is 3. The second-order valence-electron chi connectivity index (χ2n) is 5.04. The van der Waals surface area contributed by atoms with E-state index < -0.39 is 11.7 Å². The number of hydrogen-bond donors (Lipinski definition) is 0. The molecule has 4 heteroatoms. The number of allylic oxidation sites excluding steroid dienone is 1. The van der Waals surface area contributed by atoms with E-state index in [0.29, 0.717) is 12.6 Å². The molecule has 0 aromatic heterocycles. The van der Waals surface area contributed by atoms with E-state index in [9.17, 15) is 13.2 Å². The lowest BCUT2D eigenvalue weighted by molar-refractivity contribution is -0.137. The van der Waals surface area contributed by atoms with Crippen molar-refractivity contribution in [3.63, 3.8) is 0 Å². The van der Waals surface area contributed by atoms with Gasteiger partial charge in [0, 0.05) is 12.6 Å². The number of nitrogens with zero attached hydrogens (tertiary/aromatic N) is 1. The summed E-state index contributed by atoms with van der Waals surface area (Å²) >= 11 is 0. The summed E-state index contributed by atoms with van der Waals surface area (Å²) in [6.07, 6.45) is 3.54. The Bertz CT molecular complexity index is 434. The Hall–Kier alpha value is -1.29. The molecule has 1 aromatic carbocycles. The van der Waals surface area contributed by atoms with Crippen molar-refractivity contribution in [1.82, 2.24) is 4.90 Å². The second-order valence-corrected chi connectivity index (χ2v) is 5.04. The predicted molar refractivity (Wildman–Crippen MR) is 69.7 cm³/mol. The highest BCUT2D eigenvalue weighted by Crippen LogP contribution is 2.29. The molecule has 0 fully saturated rings. The van der Waals surface area contributed by atoms with Crippen LogP contribution in [0.15, 0.2) is 36.4 Å². The van der Waals surface area contributed by atoms with E-state index >= 15 is 0 Å². The van der Waals surface area contributed by atoms with E-state index in [2.05, 4.69) is 17.1 Å². The Morgan fingerprint density at radius 2 is 1.89 bits per heavy atom. The van der Waals surface area contributed by atoms with Crippen molar-refractivity contribution in [2.24, 2.45) is 0 Å². The highest BCUT2D eigenvalue weighted by Gasteiger charge is 2.29. The van der Waals surface area contributed by atoms with Crippen LogP contribution in [-0.4, -0.2) is 18.0 Å². The number of halogens is 3. The first-order chi connectivity index (χ1) is 8.97. The highest BCUT2D eigenvalue weighted by atomic mass is 19.4. The standard InChI is InChI=1S/C15H18F3N/c1-19(14-5-3-2-4-6-14)11-12-7-9-13(10-8-12)15(16,17)18/h3,5,7-10,14H,2,4,6,11H2,1H3. The summed E-state index contributed by atoms with van der Waals surface area (Å²) in [5.41, 5.74) is 0.325. The van der Waals surface area contributed by atoms with Crippen LogP contribution in [0.4, 0.5) is 13.2 Å². The summed E-state index contributed by atoms with van der Waals surface area (Å²) in [7, 11) is 2.01. The molecule has 19 heavy (non-hydrogen) atoms. The molecule has 0 saturated carbocycles. The summed E-state index contributed by atoms with van der Waals surface area (Å²) in [6, 6.07) is 5.83. The van der Waals surface area contributed by atoms with Crippen molar-refractivity contribution < 1.29 is 13.2 Å². The van der Waals surface area contributed by atoms with Gasteiger partial charge < -0.3 is 0 Å². The Morgan fingerprint density at radius 3 is 2.42 bits per heavy atom. The van der Waals surface area contributed by atoms with Gasteiger partial charge in [0.1, 0.15) is 0 Å². The Labute approximate surface area is 111 Å². The molecule has 0 saturated heterocycles. The Balaban J connectivity index is 1.99. The highest BCUT2D eigenvalue weighted by molar-refractivity contribution is 5.24. The van der Waals surface area contributed by atoms with E-state index in [-0.39, 0.29) is 0 Å². The molecule has 0 bridgehead atoms. The Kier molecular flexibility index (Phi) is 4.30. The van der Waals surface area contributed by atoms with Crippen LogP contribution in [0.25, 0.3) is 0 Å². The quantitative estimate of drug-likeness (QED) is 0.742. The van der Waals surface area contributed by atoms with Crippen molar-refractivity contribution >= 4 is 0 Å². The minimum atomic E-state index is -4.25. The molecule has 1 aromatic rings. The topological polar surface area (TPSA) is 3.24 Å². The van der Waals surface area contributed by atoms with Gasteiger partial charge in [0.05, 0.1) is 5.56 Å². The van der Waals surface area contributed by atoms with Gasteiger partial charge in [-0.3, -0.25) is 4.90 Å². The summed E-state index contributed by atoms with van der Waals surface area (Å²) < 4.78 is 37.4. The van der Waals surface area contributed by atoms with Crippen molar-refractivity contribution in [1.29, 1.82) is 0 Å². The first-order valence-electron chi connectivity index (χ1n) is 6.50. The maximum Gasteiger partial charge on any atom is 0.416 e. The van der Waals surface area contributed by atoms with Gasteiger partial charge in [-0.2, -0.15) is 13.2 Å². The average molecular weight is 269 g/mol. The molecule has 1 atom stereocenters. The minimum absolute atomic E-state index is 0.399. The molecule has 0 N–H and O–H groups in total. The summed E-state index contributed by atoms with van der Waals surface area (Å²) in [4.78, 5) is 2.18. The molecule has 1 unspecified atom stereocenters. The summed E-state index contributed by atoms with van der Waals surface area (Å²) in [6.45, 7) is 0.674. The molecule has 1 aliphatic carbocycles. The van der Waals surface area contributed by atoms with Crippen molar-refractivity contribution in [2.45, 2.75) is 38.0 Å². The van der Waals surface area contributed by atoms with Gasteiger partial charge in [-0.1, -0.05) is 24.3 Å². The molecule has 0 aliphatic heterocycles. The SMILES string of the molecule is CN(Cc1ccc(C(F)(F)F)cc1)C1C=CCCC1. The molecular weight excluding hydrogens is 251 g/mol. The molecule has 2 rings (SSSR count). The number of likely N-dealkylation sites (N-methyl/N-ethyl adjacent to an activating group) is 1. The normalized spacial score (nSPS) is 19.9. The third kappa shape index (κ3) is 3.83. The van der Waals surface area contributed by atoms with Gasteiger partial charge >= 0.3 is 6.18 Å². The fourth-order valence-corrected chi connectivity index (χ4v) is 2.37. The van der Waals surface area contributed by atoms with E-state index in [1.165, 1.54) is 6.42 Å². The van der Waals surface area contributed by atoms with Crippen LogP contribution in [0, 0.1) is 0 Å². The zero-order valence-electron chi connectivity index (χ0n) is 11.0. The molecule has 0 amide bonds. The minimum Gasteiger partial charge on any atom is -0.296 e. The molecular formula is C15H18F3N. The summed E-state index contributed by atoms with van der Waals surface area (Å²) in [5, 5.41) is 0. The maximum atomic E-state index is 12.5. The Morgan fingerprint density at radius 1 is 1.21 bits per heavy atom. The molecule has 1 aliphatic rings. The van der Waals surface area contributed by atoms with Crippen LogP contribution >= 0.6 is 0 Å². The first-order valence-corrected chi connectivity index (χ1v) is 6.50. The van der Waals surface area contributed by atoms with Crippen molar-refractivity contribution in [2.75, 3.05) is 7.05 Å². The fourth-order valence-electron chi connectivity index (χ4n) is 2.37. The van der Waals surface area contributed by atoms with Gasteiger partial charge in [0.25, 0.3) is 0 Å². The number of benzene rings is 1. The van der Waals surface area contributed by atoms with Crippen LogP contribution in [0.1, 0.15) is 30.4 Å². The van der Waals surface area contributed by atoms with Crippen LogP contribution in [0.2, 0.25) is 0 Å². The van der Waals surface area contributed by atoms with E-state index in [1.807, 2.05) is 7.05 Å². The van der Waals surface area contributed by atoms with E-state index in [1.54, 1.807) is 12.1 Å². The first kappa shape index (κ1) is 14.1. The van der Waals surface area contributed by atoms with Gasteiger partial charge in [0.2, 0.25) is 0 Å². The fraction of sp³-hybridized carbons (Fsp3) is 0.467. The lowest BCUT2D eigenvalue weighted by atomic mass is 10.0. The molecule has 1 nitrogen and oxygen atoms in total. The molecule has 0 heterocycles. The number of hydrogen-bond acceptors (Lipinski definition) is 1. The van der Waals surface area contributed by atoms with Crippen molar-refractivity contribution in [3.05, 3.63) is 47.5 Å². The largest absolute Gasteiger partial charge is 0.416 e. The van der Waals surface area contributed by atoms with Gasteiger partial charge in [0.15, 0.2) is 0 Å². The van der Waals surface area contributed by atoms with Gasteiger partial charge in [-0.25, -0.2) is 0 Å². The van der Waals surface area contributed by atoms with Gasteiger partial charge in [-0.15, -0.1) is 0 Å². The average Bonchev–Trinajstić information content (AvgIpc) is 2.39. The maximum absolute atomic E-state index is 12.5. The van der Waals surface area contributed by atoms with Crippen LogP contribution in [0.3, 0.4) is 0 Å². The smallest absolute Gasteiger partial charge is 0.296 e. The lowest BCUT2D eigenvalue weighted by Crippen LogP contribution is -2.30. The second kappa shape index (κ2) is 5.78. The third-order valence-corrected chi connectivity index (χ3v) is 3.51. The van der Waals surface area contributed by atoms with E-state index in [0.717, 1.165) is 30.5 Å².